The van der Waals surface area contributed by atoms with Gasteiger partial charge in [0.25, 0.3) is 0 Å². The second-order valence-electron chi connectivity index (χ2n) is 4.08. The lowest BCUT2D eigenvalue weighted by Gasteiger charge is -1.99. The SMILES string of the molecule is O=Cc1cn(Cc2csc(-c3ccccc3Cl)n2)nn1. The molecule has 0 aliphatic carbocycles. The van der Waals surface area contributed by atoms with Gasteiger partial charge in [0.2, 0.25) is 0 Å². The van der Waals surface area contributed by atoms with Crippen LogP contribution in [0.25, 0.3) is 10.6 Å². The third-order valence-electron chi connectivity index (χ3n) is 2.66. The van der Waals surface area contributed by atoms with Crippen LogP contribution in [0.15, 0.2) is 35.8 Å². The highest BCUT2D eigenvalue weighted by Gasteiger charge is 2.09. The number of carbonyl (C=O) groups excluding carboxylic acids is 1. The van der Waals surface area contributed by atoms with Crippen molar-refractivity contribution in [2.24, 2.45) is 0 Å². The Morgan fingerprint density at radius 3 is 2.95 bits per heavy atom. The number of halogens is 1. The van der Waals surface area contributed by atoms with Gasteiger partial charge in [-0.1, -0.05) is 35.0 Å². The normalized spacial score (nSPS) is 10.7. The molecular weight excluding hydrogens is 296 g/mol. The van der Waals surface area contributed by atoms with Crippen molar-refractivity contribution in [1.82, 2.24) is 20.0 Å². The highest BCUT2D eigenvalue weighted by molar-refractivity contribution is 7.13. The van der Waals surface area contributed by atoms with Gasteiger partial charge in [0.15, 0.2) is 6.29 Å². The Morgan fingerprint density at radius 1 is 1.35 bits per heavy atom. The summed E-state index contributed by atoms with van der Waals surface area (Å²) in [6.07, 6.45) is 2.25. The number of thiazole rings is 1. The van der Waals surface area contributed by atoms with Crippen LogP contribution in [0.2, 0.25) is 5.02 Å². The smallest absolute Gasteiger partial charge is 0.171 e. The molecular formula is C13H9ClN4OS. The van der Waals surface area contributed by atoms with E-state index in [-0.39, 0.29) is 0 Å². The van der Waals surface area contributed by atoms with Gasteiger partial charge in [-0.3, -0.25) is 4.79 Å². The first-order chi connectivity index (χ1) is 9.76. The van der Waals surface area contributed by atoms with Gasteiger partial charge in [0, 0.05) is 10.9 Å². The molecule has 5 nitrogen and oxygen atoms in total. The van der Waals surface area contributed by atoms with Gasteiger partial charge in [-0.2, -0.15) is 0 Å². The molecule has 100 valence electrons. The van der Waals surface area contributed by atoms with Gasteiger partial charge in [-0.05, 0) is 6.07 Å². The van der Waals surface area contributed by atoms with E-state index in [0.29, 0.717) is 23.5 Å². The first-order valence-corrected chi connectivity index (χ1v) is 7.06. The minimum Gasteiger partial charge on any atom is -0.296 e. The summed E-state index contributed by atoms with van der Waals surface area (Å²) in [7, 11) is 0. The first kappa shape index (κ1) is 13.0. The van der Waals surface area contributed by atoms with E-state index in [4.69, 9.17) is 11.6 Å². The Balaban J connectivity index is 1.83. The highest BCUT2D eigenvalue weighted by atomic mass is 35.5. The van der Waals surface area contributed by atoms with Crippen molar-refractivity contribution in [3.8, 4) is 10.6 Å². The Kier molecular flexibility index (Phi) is 3.58. The molecule has 0 saturated heterocycles. The minimum atomic E-state index is 0.312. The molecule has 3 aromatic rings. The molecule has 0 amide bonds. The molecule has 0 N–H and O–H groups in total. The van der Waals surface area contributed by atoms with E-state index in [9.17, 15) is 4.79 Å². The number of hydrogen-bond acceptors (Lipinski definition) is 5. The lowest BCUT2D eigenvalue weighted by molar-refractivity contribution is 0.111. The van der Waals surface area contributed by atoms with Crippen molar-refractivity contribution in [1.29, 1.82) is 0 Å². The standard InChI is InChI=1S/C13H9ClN4OS/c14-12-4-2-1-3-11(12)13-15-10(8-20-13)6-18-5-9(7-19)16-17-18/h1-5,7-8H,6H2. The van der Waals surface area contributed by atoms with Crippen LogP contribution < -0.4 is 0 Å². The Hall–Kier alpha value is -2.05. The van der Waals surface area contributed by atoms with Crippen molar-refractivity contribution in [2.45, 2.75) is 6.54 Å². The second-order valence-corrected chi connectivity index (χ2v) is 5.35. The van der Waals surface area contributed by atoms with Crippen LogP contribution in [0.3, 0.4) is 0 Å². The summed E-state index contributed by atoms with van der Waals surface area (Å²) in [5.74, 6) is 0. The lowest BCUT2D eigenvalue weighted by Crippen LogP contribution is -2.00. The average Bonchev–Trinajstić information content (AvgIpc) is 3.09. The van der Waals surface area contributed by atoms with Crippen LogP contribution in [0.1, 0.15) is 16.2 Å². The van der Waals surface area contributed by atoms with Crippen LogP contribution in [0, 0.1) is 0 Å². The van der Waals surface area contributed by atoms with Crippen molar-refractivity contribution in [2.75, 3.05) is 0 Å². The summed E-state index contributed by atoms with van der Waals surface area (Å²) < 4.78 is 1.58. The zero-order valence-electron chi connectivity index (χ0n) is 10.2. The van der Waals surface area contributed by atoms with Crippen molar-refractivity contribution in [3.63, 3.8) is 0 Å². The van der Waals surface area contributed by atoms with E-state index in [2.05, 4.69) is 15.3 Å². The molecule has 0 fully saturated rings. The van der Waals surface area contributed by atoms with Gasteiger partial charge in [-0.25, -0.2) is 9.67 Å². The summed E-state index contributed by atoms with van der Waals surface area (Å²) in [5, 5.41) is 11.1. The maximum absolute atomic E-state index is 10.6. The van der Waals surface area contributed by atoms with Crippen molar-refractivity contribution >= 4 is 29.2 Å². The summed E-state index contributed by atoms with van der Waals surface area (Å²) in [6, 6.07) is 7.59. The number of hydrogen-bond donors (Lipinski definition) is 0. The quantitative estimate of drug-likeness (QED) is 0.695. The molecule has 0 aliphatic heterocycles. The monoisotopic (exact) mass is 304 g/mol. The van der Waals surface area contributed by atoms with E-state index in [1.807, 2.05) is 29.6 Å². The zero-order chi connectivity index (χ0) is 13.9. The Labute approximate surface area is 123 Å². The number of aromatic nitrogens is 4. The predicted octanol–water partition coefficient (Wildman–Crippen LogP) is 2.92. The Bertz CT molecular complexity index is 752. The average molecular weight is 305 g/mol. The zero-order valence-corrected chi connectivity index (χ0v) is 11.8. The van der Waals surface area contributed by atoms with Gasteiger partial charge in [0.05, 0.1) is 23.5 Å². The maximum atomic E-state index is 10.6. The van der Waals surface area contributed by atoms with Crippen molar-refractivity contribution < 1.29 is 4.79 Å². The molecule has 3 rings (SSSR count). The topological polar surface area (TPSA) is 60.7 Å². The number of carbonyl (C=O) groups is 1. The van der Waals surface area contributed by atoms with E-state index in [0.717, 1.165) is 16.3 Å². The molecule has 0 saturated carbocycles. The lowest BCUT2D eigenvalue weighted by atomic mass is 10.2. The molecule has 2 aromatic heterocycles. The van der Waals surface area contributed by atoms with E-state index in [1.165, 1.54) is 11.3 Å². The van der Waals surface area contributed by atoms with Crippen LogP contribution in [0.5, 0.6) is 0 Å². The largest absolute Gasteiger partial charge is 0.296 e. The van der Waals surface area contributed by atoms with Crippen LogP contribution >= 0.6 is 22.9 Å². The van der Waals surface area contributed by atoms with Crippen molar-refractivity contribution in [3.05, 3.63) is 52.3 Å². The fourth-order valence-electron chi connectivity index (χ4n) is 1.75. The molecule has 2 heterocycles. The summed E-state index contributed by atoms with van der Waals surface area (Å²) in [4.78, 5) is 15.1. The molecule has 0 aliphatic rings. The third kappa shape index (κ3) is 2.61. The van der Waals surface area contributed by atoms with Gasteiger partial charge < -0.3 is 0 Å². The van der Waals surface area contributed by atoms with Gasteiger partial charge >= 0.3 is 0 Å². The molecule has 0 radical (unpaired) electrons. The number of benzene rings is 1. The van der Waals surface area contributed by atoms with E-state index < -0.39 is 0 Å². The Morgan fingerprint density at radius 2 is 2.20 bits per heavy atom. The molecule has 0 spiro atoms. The van der Waals surface area contributed by atoms with Crippen LogP contribution in [-0.4, -0.2) is 26.3 Å². The van der Waals surface area contributed by atoms with Gasteiger partial charge in [-0.15, -0.1) is 16.4 Å². The van der Waals surface area contributed by atoms with E-state index >= 15 is 0 Å². The summed E-state index contributed by atoms with van der Waals surface area (Å²) in [6.45, 7) is 0.474. The third-order valence-corrected chi connectivity index (χ3v) is 3.91. The maximum Gasteiger partial charge on any atom is 0.171 e. The van der Waals surface area contributed by atoms with E-state index in [1.54, 1.807) is 10.9 Å². The number of rotatable bonds is 4. The van der Waals surface area contributed by atoms with Gasteiger partial charge in [0.1, 0.15) is 10.7 Å². The molecule has 7 heteroatoms. The summed E-state index contributed by atoms with van der Waals surface area (Å²) in [5.41, 5.74) is 2.08. The number of aldehydes is 1. The second kappa shape index (κ2) is 5.52. The first-order valence-electron chi connectivity index (χ1n) is 5.81. The van der Waals surface area contributed by atoms with Crippen LogP contribution in [0.4, 0.5) is 0 Å². The minimum absolute atomic E-state index is 0.312. The molecule has 0 atom stereocenters. The fourth-order valence-corrected chi connectivity index (χ4v) is 2.88. The molecule has 0 unspecified atom stereocenters. The predicted molar refractivity (Wildman–Crippen MR) is 77.1 cm³/mol. The fraction of sp³-hybridized carbons (Fsp3) is 0.0769. The summed E-state index contributed by atoms with van der Waals surface area (Å²) >= 11 is 7.67. The number of nitrogens with zero attached hydrogens (tertiary/aromatic N) is 4. The molecule has 1 aromatic carbocycles. The molecule has 0 bridgehead atoms. The van der Waals surface area contributed by atoms with Crippen LogP contribution in [-0.2, 0) is 6.54 Å². The highest BCUT2D eigenvalue weighted by Crippen LogP contribution is 2.30. The molecule has 20 heavy (non-hydrogen) atoms.